The van der Waals surface area contributed by atoms with E-state index in [0.717, 1.165) is 51.4 Å². The van der Waals surface area contributed by atoms with Crippen molar-refractivity contribution < 1.29 is 5.11 Å². The van der Waals surface area contributed by atoms with Gasteiger partial charge in [0, 0.05) is 49.9 Å². The highest BCUT2D eigenvalue weighted by Gasteiger charge is 2.41. The average molecular weight is 304 g/mol. The molecule has 5 heteroatoms. The van der Waals surface area contributed by atoms with E-state index >= 15 is 0 Å². The summed E-state index contributed by atoms with van der Waals surface area (Å²) < 4.78 is 0. The molecule has 0 bridgehead atoms. The van der Waals surface area contributed by atoms with E-state index in [0.29, 0.717) is 5.41 Å². The number of aromatic nitrogens is 2. The van der Waals surface area contributed by atoms with Crippen molar-refractivity contribution in [3.05, 3.63) is 24.4 Å². The summed E-state index contributed by atoms with van der Waals surface area (Å²) in [5, 5.41) is 17.7. The van der Waals surface area contributed by atoms with Gasteiger partial charge in [-0.25, -0.2) is 0 Å². The summed E-state index contributed by atoms with van der Waals surface area (Å²) in [6, 6.07) is 2.22. The van der Waals surface area contributed by atoms with Gasteiger partial charge in [0.1, 0.15) is 0 Å². The second-order valence-electron chi connectivity index (χ2n) is 7.01. The molecule has 1 saturated carbocycles. The third-order valence-electron chi connectivity index (χ3n) is 5.08. The van der Waals surface area contributed by atoms with Crippen molar-refractivity contribution in [2.75, 3.05) is 37.6 Å². The number of piperazine rings is 1. The van der Waals surface area contributed by atoms with Crippen LogP contribution in [0.5, 0.6) is 0 Å². The van der Waals surface area contributed by atoms with Gasteiger partial charge in [-0.3, -0.25) is 10.00 Å². The molecule has 2 fully saturated rings. The fraction of sp³-hybridized carbons (Fsp3) is 0.706. The number of nitrogens with zero attached hydrogens (tertiary/aromatic N) is 3. The van der Waals surface area contributed by atoms with Gasteiger partial charge < -0.3 is 10.0 Å². The molecule has 0 aromatic carbocycles. The van der Waals surface area contributed by atoms with Crippen LogP contribution in [0.3, 0.4) is 0 Å². The van der Waals surface area contributed by atoms with Gasteiger partial charge in [0.05, 0.1) is 6.10 Å². The topological polar surface area (TPSA) is 55.4 Å². The monoisotopic (exact) mass is 304 g/mol. The van der Waals surface area contributed by atoms with Gasteiger partial charge in [-0.05, 0) is 25.7 Å². The number of β-amino-alcohol motifs (C(OH)–C–C–N with tert-alkyl or cyclic N) is 1. The molecule has 1 saturated heterocycles. The first-order valence-electron chi connectivity index (χ1n) is 8.43. The first-order valence-corrected chi connectivity index (χ1v) is 8.43. The third kappa shape index (κ3) is 3.52. The Hall–Kier alpha value is -1.33. The number of hydrogen-bond donors (Lipinski definition) is 2. The highest BCUT2D eigenvalue weighted by Crippen LogP contribution is 2.47. The minimum Gasteiger partial charge on any atom is -0.392 e. The molecule has 3 rings (SSSR count). The number of H-pyrrole nitrogens is 1. The van der Waals surface area contributed by atoms with Crippen molar-refractivity contribution in [3.63, 3.8) is 0 Å². The summed E-state index contributed by atoms with van der Waals surface area (Å²) in [6.07, 6.45) is 5.87. The van der Waals surface area contributed by atoms with Crippen molar-refractivity contribution >= 4 is 5.82 Å². The van der Waals surface area contributed by atoms with Crippen molar-refractivity contribution in [1.82, 2.24) is 15.1 Å². The number of aliphatic hydroxyl groups is 1. The Morgan fingerprint density at radius 3 is 2.77 bits per heavy atom. The van der Waals surface area contributed by atoms with Crippen LogP contribution >= 0.6 is 0 Å². The van der Waals surface area contributed by atoms with E-state index in [2.05, 4.69) is 39.6 Å². The molecule has 122 valence electrons. The molecule has 0 radical (unpaired) electrons. The SMILES string of the molecule is C=CCC[C@@H](O)CN1CCN(c2cc(C3(C)CC3)[nH]n2)CC1. The highest BCUT2D eigenvalue weighted by atomic mass is 16.3. The van der Waals surface area contributed by atoms with Gasteiger partial charge in [0.2, 0.25) is 0 Å². The Balaban J connectivity index is 1.47. The first-order chi connectivity index (χ1) is 10.6. The summed E-state index contributed by atoms with van der Waals surface area (Å²) in [6.45, 7) is 10.7. The van der Waals surface area contributed by atoms with Crippen molar-refractivity contribution in [1.29, 1.82) is 0 Å². The molecule has 2 aliphatic rings. The minimum absolute atomic E-state index is 0.239. The largest absolute Gasteiger partial charge is 0.392 e. The predicted octanol–water partition coefficient (Wildman–Crippen LogP) is 1.91. The van der Waals surface area contributed by atoms with Crippen LogP contribution in [0, 0.1) is 0 Å². The second kappa shape index (κ2) is 6.42. The van der Waals surface area contributed by atoms with Crippen LogP contribution in [0.4, 0.5) is 5.82 Å². The standard InChI is InChI=1S/C17H28N4O/c1-3-4-5-14(22)13-20-8-10-21(11-9-20)16-12-15(18-19-16)17(2)6-7-17/h3,12,14,22H,1,4-11,13H2,2H3,(H,18,19)/t14-/m1/s1. The van der Waals surface area contributed by atoms with E-state index in [-0.39, 0.29) is 6.10 Å². The zero-order valence-corrected chi connectivity index (χ0v) is 13.6. The normalized spacial score (nSPS) is 22.5. The number of aliphatic hydroxyl groups excluding tert-OH is 1. The Morgan fingerprint density at radius 1 is 1.41 bits per heavy atom. The van der Waals surface area contributed by atoms with Crippen LogP contribution in [0.2, 0.25) is 0 Å². The molecular formula is C17H28N4O. The number of hydrogen-bond acceptors (Lipinski definition) is 4. The maximum atomic E-state index is 9.99. The lowest BCUT2D eigenvalue weighted by Crippen LogP contribution is -2.48. The Labute approximate surface area is 133 Å². The van der Waals surface area contributed by atoms with Crippen molar-refractivity contribution in [3.8, 4) is 0 Å². The summed E-state index contributed by atoms with van der Waals surface area (Å²) in [4.78, 5) is 4.69. The van der Waals surface area contributed by atoms with Gasteiger partial charge in [-0.1, -0.05) is 13.0 Å². The minimum atomic E-state index is -0.239. The molecule has 1 atom stereocenters. The van der Waals surface area contributed by atoms with E-state index in [4.69, 9.17) is 0 Å². The molecule has 0 unspecified atom stereocenters. The van der Waals surface area contributed by atoms with Crippen LogP contribution in [0.15, 0.2) is 18.7 Å². The van der Waals surface area contributed by atoms with Crippen LogP contribution in [-0.2, 0) is 5.41 Å². The van der Waals surface area contributed by atoms with Gasteiger partial charge in [0.15, 0.2) is 5.82 Å². The van der Waals surface area contributed by atoms with Gasteiger partial charge in [-0.15, -0.1) is 6.58 Å². The molecule has 0 amide bonds. The molecule has 5 nitrogen and oxygen atoms in total. The molecule has 1 aliphatic carbocycles. The number of anilines is 1. The van der Waals surface area contributed by atoms with Crippen LogP contribution in [-0.4, -0.2) is 59.0 Å². The molecule has 1 aliphatic heterocycles. The fourth-order valence-electron chi connectivity index (χ4n) is 3.10. The smallest absolute Gasteiger partial charge is 0.150 e. The van der Waals surface area contributed by atoms with E-state index in [1.165, 1.54) is 18.5 Å². The number of nitrogens with one attached hydrogen (secondary N) is 1. The van der Waals surface area contributed by atoms with Gasteiger partial charge in [-0.2, -0.15) is 5.10 Å². The zero-order chi connectivity index (χ0) is 15.6. The highest BCUT2D eigenvalue weighted by molar-refractivity contribution is 5.43. The second-order valence-corrected chi connectivity index (χ2v) is 7.01. The van der Waals surface area contributed by atoms with Crippen LogP contribution < -0.4 is 4.90 Å². The number of allylic oxidation sites excluding steroid dienone is 1. The quantitative estimate of drug-likeness (QED) is 0.756. The van der Waals surface area contributed by atoms with E-state index in [1.807, 2.05) is 6.08 Å². The van der Waals surface area contributed by atoms with Gasteiger partial charge in [0.25, 0.3) is 0 Å². The van der Waals surface area contributed by atoms with E-state index < -0.39 is 0 Å². The van der Waals surface area contributed by atoms with E-state index in [9.17, 15) is 5.11 Å². The lowest BCUT2D eigenvalue weighted by atomic mass is 10.1. The molecule has 1 aromatic rings. The maximum absolute atomic E-state index is 9.99. The maximum Gasteiger partial charge on any atom is 0.150 e. The van der Waals surface area contributed by atoms with Crippen LogP contribution in [0.25, 0.3) is 0 Å². The van der Waals surface area contributed by atoms with Crippen molar-refractivity contribution in [2.45, 2.75) is 44.1 Å². The lowest BCUT2D eigenvalue weighted by Gasteiger charge is -2.35. The predicted molar refractivity (Wildman–Crippen MR) is 89.3 cm³/mol. The average Bonchev–Trinajstić information content (AvgIpc) is 3.08. The summed E-state index contributed by atoms with van der Waals surface area (Å²) in [5.74, 6) is 1.08. The van der Waals surface area contributed by atoms with E-state index in [1.54, 1.807) is 0 Å². The Kier molecular flexibility index (Phi) is 4.54. The summed E-state index contributed by atoms with van der Waals surface area (Å²) >= 11 is 0. The number of rotatable bonds is 7. The zero-order valence-electron chi connectivity index (χ0n) is 13.6. The summed E-state index contributed by atoms with van der Waals surface area (Å²) in [5.41, 5.74) is 1.63. The van der Waals surface area contributed by atoms with Gasteiger partial charge >= 0.3 is 0 Å². The van der Waals surface area contributed by atoms with Crippen molar-refractivity contribution in [2.24, 2.45) is 0 Å². The first kappa shape index (κ1) is 15.6. The lowest BCUT2D eigenvalue weighted by molar-refractivity contribution is 0.103. The molecular weight excluding hydrogens is 276 g/mol. The molecule has 0 spiro atoms. The Bertz CT molecular complexity index is 501. The molecule has 2 N–H and O–H groups in total. The molecule has 2 heterocycles. The molecule has 1 aromatic heterocycles. The van der Waals surface area contributed by atoms with Crippen LogP contribution in [0.1, 0.15) is 38.3 Å². The summed E-state index contributed by atoms with van der Waals surface area (Å²) in [7, 11) is 0. The fourth-order valence-corrected chi connectivity index (χ4v) is 3.10. The Morgan fingerprint density at radius 2 is 2.14 bits per heavy atom. The molecule has 22 heavy (non-hydrogen) atoms. The number of aromatic amines is 1. The third-order valence-corrected chi connectivity index (χ3v) is 5.08.